The normalized spacial score (nSPS) is 9.80. The molecule has 0 aliphatic carbocycles. The third kappa shape index (κ3) is 2.98. The quantitative estimate of drug-likeness (QED) is 0.819. The van der Waals surface area contributed by atoms with E-state index in [9.17, 15) is 4.79 Å². The van der Waals surface area contributed by atoms with Gasteiger partial charge >= 0.3 is 0 Å². The number of carbonyl (C=O) groups excluding carboxylic acids is 1. The Kier molecular flexibility index (Phi) is 4.16. The monoisotopic (exact) mass is 206 g/mol. The molecule has 1 aromatic carbocycles. The van der Waals surface area contributed by atoms with Crippen LogP contribution in [0, 0.1) is 0 Å². The minimum atomic E-state index is 0.0777. The molecule has 0 aliphatic rings. The van der Waals surface area contributed by atoms with Crippen LogP contribution < -0.4 is 5.32 Å². The SMILES string of the molecule is CCCN(C)C(=O)c1cccc(NC)c1. The molecule has 0 bridgehead atoms. The molecule has 1 rings (SSSR count). The topological polar surface area (TPSA) is 32.3 Å². The molecular weight excluding hydrogens is 188 g/mol. The molecule has 0 atom stereocenters. The average molecular weight is 206 g/mol. The summed E-state index contributed by atoms with van der Waals surface area (Å²) in [7, 11) is 3.68. The van der Waals surface area contributed by atoms with Crippen LogP contribution >= 0.6 is 0 Å². The van der Waals surface area contributed by atoms with Crippen molar-refractivity contribution in [3.63, 3.8) is 0 Å². The number of benzene rings is 1. The second-order valence-electron chi connectivity index (χ2n) is 3.56. The van der Waals surface area contributed by atoms with Crippen LogP contribution in [-0.2, 0) is 0 Å². The first kappa shape index (κ1) is 11.6. The van der Waals surface area contributed by atoms with E-state index in [-0.39, 0.29) is 5.91 Å². The molecule has 0 aromatic heterocycles. The lowest BCUT2D eigenvalue weighted by Gasteiger charge is -2.16. The number of carbonyl (C=O) groups is 1. The molecule has 0 radical (unpaired) electrons. The maximum Gasteiger partial charge on any atom is 0.253 e. The number of nitrogens with one attached hydrogen (secondary N) is 1. The van der Waals surface area contributed by atoms with Crippen LogP contribution in [0.3, 0.4) is 0 Å². The summed E-state index contributed by atoms with van der Waals surface area (Å²) in [6, 6.07) is 7.54. The maximum atomic E-state index is 11.9. The number of hydrogen-bond donors (Lipinski definition) is 1. The lowest BCUT2D eigenvalue weighted by molar-refractivity contribution is 0.0795. The Hall–Kier alpha value is -1.51. The van der Waals surface area contributed by atoms with E-state index >= 15 is 0 Å². The van der Waals surface area contributed by atoms with Gasteiger partial charge in [0.05, 0.1) is 0 Å². The molecule has 0 saturated heterocycles. The summed E-state index contributed by atoms with van der Waals surface area (Å²) < 4.78 is 0. The largest absolute Gasteiger partial charge is 0.388 e. The summed E-state index contributed by atoms with van der Waals surface area (Å²) in [5.41, 5.74) is 1.70. The van der Waals surface area contributed by atoms with Gasteiger partial charge in [-0.05, 0) is 24.6 Å². The van der Waals surface area contributed by atoms with E-state index in [2.05, 4.69) is 12.2 Å². The molecule has 0 spiro atoms. The Morgan fingerprint density at radius 3 is 2.80 bits per heavy atom. The molecule has 3 nitrogen and oxygen atoms in total. The Morgan fingerprint density at radius 2 is 2.20 bits per heavy atom. The predicted octanol–water partition coefficient (Wildman–Crippen LogP) is 2.21. The second kappa shape index (κ2) is 5.39. The highest BCUT2D eigenvalue weighted by molar-refractivity contribution is 5.94. The van der Waals surface area contributed by atoms with Crippen molar-refractivity contribution in [2.75, 3.05) is 26.0 Å². The standard InChI is InChI=1S/C12H18N2O/c1-4-8-14(3)12(15)10-6-5-7-11(9-10)13-2/h5-7,9,13H,4,8H2,1-3H3. The van der Waals surface area contributed by atoms with Crippen LogP contribution in [0.2, 0.25) is 0 Å². The van der Waals surface area contributed by atoms with Gasteiger partial charge in [-0.3, -0.25) is 4.79 Å². The van der Waals surface area contributed by atoms with Gasteiger partial charge in [-0.25, -0.2) is 0 Å². The van der Waals surface area contributed by atoms with Crippen molar-refractivity contribution in [1.29, 1.82) is 0 Å². The van der Waals surface area contributed by atoms with Gasteiger partial charge in [0.1, 0.15) is 0 Å². The highest BCUT2D eigenvalue weighted by Crippen LogP contribution is 2.11. The van der Waals surface area contributed by atoms with E-state index in [4.69, 9.17) is 0 Å². The number of nitrogens with zero attached hydrogens (tertiary/aromatic N) is 1. The molecule has 15 heavy (non-hydrogen) atoms. The second-order valence-corrected chi connectivity index (χ2v) is 3.56. The van der Waals surface area contributed by atoms with Crippen LogP contribution in [0.15, 0.2) is 24.3 Å². The predicted molar refractivity (Wildman–Crippen MR) is 63.2 cm³/mol. The van der Waals surface area contributed by atoms with Gasteiger partial charge in [-0.15, -0.1) is 0 Å². The lowest BCUT2D eigenvalue weighted by atomic mass is 10.2. The summed E-state index contributed by atoms with van der Waals surface area (Å²) in [5.74, 6) is 0.0777. The molecule has 3 heteroatoms. The summed E-state index contributed by atoms with van der Waals surface area (Å²) in [5, 5.41) is 3.02. The molecular formula is C12H18N2O. The van der Waals surface area contributed by atoms with Crippen molar-refractivity contribution in [2.45, 2.75) is 13.3 Å². The zero-order chi connectivity index (χ0) is 11.3. The first-order chi connectivity index (χ1) is 7.19. The van der Waals surface area contributed by atoms with Gasteiger partial charge < -0.3 is 10.2 Å². The molecule has 0 heterocycles. The van der Waals surface area contributed by atoms with Crippen LogP contribution in [0.1, 0.15) is 23.7 Å². The van der Waals surface area contributed by atoms with Crippen molar-refractivity contribution in [2.24, 2.45) is 0 Å². The Bertz CT molecular complexity index is 336. The maximum absolute atomic E-state index is 11.9. The van der Waals surface area contributed by atoms with E-state index in [1.54, 1.807) is 4.90 Å². The summed E-state index contributed by atoms with van der Waals surface area (Å²) >= 11 is 0. The van der Waals surface area contributed by atoms with Gasteiger partial charge in [0.2, 0.25) is 0 Å². The van der Waals surface area contributed by atoms with Gasteiger partial charge in [-0.2, -0.15) is 0 Å². The van der Waals surface area contributed by atoms with E-state index in [0.717, 1.165) is 24.2 Å². The lowest BCUT2D eigenvalue weighted by Crippen LogP contribution is -2.27. The van der Waals surface area contributed by atoms with E-state index < -0.39 is 0 Å². The van der Waals surface area contributed by atoms with Crippen molar-refractivity contribution >= 4 is 11.6 Å². The average Bonchev–Trinajstić information content (AvgIpc) is 2.28. The summed E-state index contributed by atoms with van der Waals surface area (Å²) in [6.45, 7) is 2.86. The summed E-state index contributed by atoms with van der Waals surface area (Å²) in [4.78, 5) is 13.6. The fourth-order valence-electron chi connectivity index (χ4n) is 1.47. The van der Waals surface area contributed by atoms with Crippen molar-refractivity contribution in [1.82, 2.24) is 4.90 Å². The molecule has 1 amide bonds. The molecule has 0 unspecified atom stereocenters. The highest BCUT2D eigenvalue weighted by atomic mass is 16.2. The van der Waals surface area contributed by atoms with E-state index in [1.165, 1.54) is 0 Å². The number of amides is 1. The zero-order valence-electron chi connectivity index (χ0n) is 9.58. The number of rotatable bonds is 4. The Labute approximate surface area is 91.1 Å². The highest BCUT2D eigenvalue weighted by Gasteiger charge is 2.10. The van der Waals surface area contributed by atoms with Crippen LogP contribution in [0.5, 0.6) is 0 Å². The van der Waals surface area contributed by atoms with Crippen LogP contribution in [0.4, 0.5) is 5.69 Å². The fourth-order valence-corrected chi connectivity index (χ4v) is 1.47. The third-order valence-corrected chi connectivity index (χ3v) is 2.30. The minimum Gasteiger partial charge on any atom is -0.388 e. The minimum absolute atomic E-state index is 0.0777. The summed E-state index contributed by atoms with van der Waals surface area (Å²) in [6.07, 6.45) is 0.980. The molecule has 1 N–H and O–H groups in total. The number of hydrogen-bond acceptors (Lipinski definition) is 2. The zero-order valence-corrected chi connectivity index (χ0v) is 9.58. The fraction of sp³-hybridized carbons (Fsp3) is 0.417. The van der Waals surface area contributed by atoms with E-state index in [1.807, 2.05) is 38.4 Å². The smallest absolute Gasteiger partial charge is 0.253 e. The van der Waals surface area contributed by atoms with Crippen molar-refractivity contribution in [3.8, 4) is 0 Å². The molecule has 0 aliphatic heterocycles. The van der Waals surface area contributed by atoms with Gasteiger partial charge in [0.15, 0.2) is 0 Å². The van der Waals surface area contributed by atoms with Crippen molar-refractivity contribution in [3.05, 3.63) is 29.8 Å². The van der Waals surface area contributed by atoms with Gasteiger partial charge in [0.25, 0.3) is 5.91 Å². The number of anilines is 1. The Morgan fingerprint density at radius 1 is 1.47 bits per heavy atom. The molecule has 1 aromatic rings. The first-order valence-corrected chi connectivity index (χ1v) is 5.22. The first-order valence-electron chi connectivity index (χ1n) is 5.22. The van der Waals surface area contributed by atoms with Crippen LogP contribution in [-0.4, -0.2) is 31.4 Å². The third-order valence-electron chi connectivity index (χ3n) is 2.30. The molecule has 0 fully saturated rings. The molecule has 82 valence electrons. The Balaban J connectivity index is 2.81. The van der Waals surface area contributed by atoms with Crippen molar-refractivity contribution < 1.29 is 4.79 Å². The van der Waals surface area contributed by atoms with E-state index in [0.29, 0.717) is 0 Å². The van der Waals surface area contributed by atoms with Gasteiger partial charge in [0, 0.05) is 31.9 Å². The molecule has 0 saturated carbocycles. The van der Waals surface area contributed by atoms with Gasteiger partial charge in [-0.1, -0.05) is 13.0 Å². The van der Waals surface area contributed by atoms with Crippen LogP contribution in [0.25, 0.3) is 0 Å².